The molecule has 0 aliphatic carbocycles. The number of anilines is 2. The average Bonchev–Trinajstić information content (AvgIpc) is 2.68. The Morgan fingerprint density at radius 2 is 2.10 bits per heavy atom. The third-order valence-corrected chi connectivity index (χ3v) is 3.76. The molecule has 0 bridgehead atoms. The summed E-state index contributed by atoms with van der Waals surface area (Å²) in [5.74, 6) is 0.870. The zero-order valence-electron chi connectivity index (χ0n) is 11.6. The molecule has 0 amide bonds. The van der Waals surface area contributed by atoms with Gasteiger partial charge in [0.15, 0.2) is 0 Å². The first-order valence-corrected chi connectivity index (χ1v) is 7.29. The number of nitrogens with zero attached hydrogens (tertiary/aromatic N) is 2. The summed E-state index contributed by atoms with van der Waals surface area (Å²) in [6.45, 7) is 5.45. The Morgan fingerprint density at radius 1 is 1.35 bits per heavy atom. The molecule has 0 aliphatic heterocycles. The first kappa shape index (κ1) is 15.0. The van der Waals surface area contributed by atoms with Crippen molar-refractivity contribution >= 4 is 34.7 Å². The SMILES string of the molecule is CCn1nc(C)c(N)c1NCCc1ccc(Cl)cc1Cl. The van der Waals surface area contributed by atoms with Crippen LogP contribution in [0, 0.1) is 6.92 Å². The van der Waals surface area contributed by atoms with Crippen molar-refractivity contribution in [2.45, 2.75) is 26.8 Å². The van der Waals surface area contributed by atoms with Gasteiger partial charge in [0.1, 0.15) is 5.82 Å². The summed E-state index contributed by atoms with van der Waals surface area (Å²) < 4.78 is 1.87. The van der Waals surface area contributed by atoms with Crippen LogP contribution in [0.15, 0.2) is 18.2 Å². The van der Waals surface area contributed by atoms with Crippen molar-refractivity contribution in [3.8, 4) is 0 Å². The predicted molar refractivity (Wildman–Crippen MR) is 85.7 cm³/mol. The molecular weight excluding hydrogens is 295 g/mol. The van der Waals surface area contributed by atoms with Crippen molar-refractivity contribution in [2.75, 3.05) is 17.6 Å². The van der Waals surface area contributed by atoms with Gasteiger partial charge in [-0.2, -0.15) is 5.10 Å². The fraction of sp³-hybridized carbons (Fsp3) is 0.357. The van der Waals surface area contributed by atoms with Crippen LogP contribution in [0.1, 0.15) is 18.2 Å². The Bertz CT molecular complexity index is 607. The number of nitrogen functional groups attached to an aromatic ring is 1. The lowest BCUT2D eigenvalue weighted by Crippen LogP contribution is -2.11. The maximum Gasteiger partial charge on any atom is 0.148 e. The van der Waals surface area contributed by atoms with Crippen LogP contribution >= 0.6 is 23.2 Å². The Balaban J connectivity index is 2.03. The molecule has 0 saturated carbocycles. The van der Waals surface area contributed by atoms with Gasteiger partial charge in [-0.1, -0.05) is 29.3 Å². The number of benzene rings is 1. The summed E-state index contributed by atoms with van der Waals surface area (Å²) in [5, 5.41) is 9.03. The highest BCUT2D eigenvalue weighted by molar-refractivity contribution is 6.35. The van der Waals surface area contributed by atoms with E-state index in [2.05, 4.69) is 10.4 Å². The number of hydrogen-bond donors (Lipinski definition) is 2. The number of nitrogens with one attached hydrogen (secondary N) is 1. The molecule has 0 atom stereocenters. The van der Waals surface area contributed by atoms with Gasteiger partial charge in [-0.3, -0.25) is 0 Å². The Kier molecular flexibility index (Phi) is 4.78. The summed E-state index contributed by atoms with van der Waals surface area (Å²) in [5.41, 5.74) is 8.62. The first-order valence-electron chi connectivity index (χ1n) is 6.53. The van der Waals surface area contributed by atoms with E-state index in [4.69, 9.17) is 28.9 Å². The second kappa shape index (κ2) is 6.37. The largest absolute Gasteiger partial charge is 0.394 e. The standard InChI is InChI=1S/C14H18Cl2N4/c1-3-20-14(13(17)9(2)19-20)18-7-6-10-4-5-11(15)8-12(10)16/h4-5,8,18H,3,6-7,17H2,1-2H3. The second-order valence-corrected chi connectivity index (χ2v) is 5.42. The van der Waals surface area contributed by atoms with E-state index in [1.165, 1.54) is 0 Å². The van der Waals surface area contributed by atoms with Crippen molar-refractivity contribution in [2.24, 2.45) is 0 Å². The highest BCUT2D eigenvalue weighted by Crippen LogP contribution is 2.24. The van der Waals surface area contributed by atoms with E-state index in [1.807, 2.05) is 30.7 Å². The maximum atomic E-state index is 6.15. The van der Waals surface area contributed by atoms with E-state index >= 15 is 0 Å². The summed E-state index contributed by atoms with van der Waals surface area (Å²) in [7, 11) is 0. The molecule has 0 unspecified atom stereocenters. The van der Waals surface area contributed by atoms with Crippen LogP contribution in [0.2, 0.25) is 10.0 Å². The second-order valence-electron chi connectivity index (χ2n) is 4.58. The Morgan fingerprint density at radius 3 is 2.75 bits per heavy atom. The molecule has 1 aromatic heterocycles. The smallest absolute Gasteiger partial charge is 0.148 e. The fourth-order valence-electron chi connectivity index (χ4n) is 2.05. The molecule has 1 heterocycles. The predicted octanol–water partition coefficient (Wildman–Crippen LogP) is 3.76. The fourth-order valence-corrected chi connectivity index (χ4v) is 2.55. The number of hydrogen-bond acceptors (Lipinski definition) is 3. The molecule has 6 heteroatoms. The molecule has 2 aromatic rings. The molecular formula is C14H18Cl2N4. The zero-order chi connectivity index (χ0) is 14.7. The normalized spacial score (nSPS) is 10.8. The lowest BCUT2D eigenvalue weighted by atomic mass is 10.1. The van der Waals surface area contributed by atoms with Crippen molar-refractivity contribution in [1.29, 1.82) is 0 Å². The van der Waals surface area contributed by atoms with E-state index < -0.39 is 0 Å². The molecule has 0 radical (unpaired) electrons. The molecule has 0 fully saturated rings. The highest BCUT2D eigenvalue weighted by atomic mass is 35.5. The number of rotatable bonds is 5. The topological polar surface area (TPSA) is 55.9 Å². The molecule has 0 saturated heterocycles. The number of nitrogens with two attached hydrogens (primary N) is 1. The first-order chi connectivity index (χ1) is 9.52. The van der Waals surface area contributed by atoms with Gasteiger partial charge in [-0.25, -0.2) is 4.68 Å². The van der Waals surface area contributed by atoms with Crippen molar-refractivity contribution in [3.63, 3.8) is 0 Å². The molecule has 1 aromatic carbocycles. The molecule has 4 nitrogen and oxygen atoms in total. The van der Waals surface area contributed by atoms with Gasteiger partial charge < -0.3 is 11.1 Å². The van der Waals surface area contributed by atoms with Crippen LogP contribution in [0.25, 0.3) is 0 Å². The van der Waals surface area contributed by atoms with E-state index in [9.17, 15) is 0 Å². The van der Waals surface area contributed by atoms with E-state index in [-0.39, 0.29) is 0 Å². The minimum absolute atomic E-state index is 0.649. The van der Waals surface area contributed by atoms with Crippen LogP contribution < -0.4 is 11.1 Å². The average molecular weight is 313 g/mol. The third kappa shape index (κ3) is 3.19. The summed E-state index contributed by atoms with van der Waals surface area (Å²) >= 11 is 12.0. The van der Waals surface area contributed by atoms with Gasteiger partial charge in [0, 0.05) is 23.1 Å². The molecule has 3 N–H and O–H groups in total. The molecule has 0 aliphatic rings. The minimum Gasteiger partial charge on any atom is -0.394 e. The van der Waals surface area contributed by atoms with Crippen molar-refractivity contribution in [3.05, 3.63) is 39.5 Å². The van der Waals surface area contributed by atoms with Crippen LogP contribution in [0.3, 0.4) is 0 Å². The molecule has 0 spiro atoms. The van der Waals surface area contributed by atoms with E-state index in [0.29, 0.717) is 15.7 Å². The van der Waals surface area contributed by atoms with Crippen LogP contribution in [-0.4, -0.2) is 16.3 Å². The molecule has 20 heavy (non-hydrogen) atoms. The van der Waals surface area contributed by atoms with Gasteiger partial charge >= 0.3 is 0 Å². The molecule has 108 valence electrons. The summed E-state index contributed by atoms with van der Waals surface area (Å²) in [6, 6.07) is 5.54. The van der Waals surface area contributed by atoms with Crippen LogP contribution in [0.4, 0.5) is 11.5 Å². The molecule has 2 rings (SSSR count). The van der Waals surface area contributed by atoms with Crippen LogP contribution in [-0.2, 0) is 13.0 Å². The maximum absolute atomic E-state index is 6.15. The number of aryl methyl sites for hydroxylation is 2. The van der Waals surface area contributed by atoms with Gasteiger partial charge in [-0.15, -0.1) is 0 Å². The monoisotopic (exact) mass is 312 g/mol. The third-order valence-electron chi connectivity index (χ3n) is 3.18. The summed E-state index contributed by atoms with van der Waals surface area (Å²) in [4.78, 5) is 0. The summed E-state index contributed by atoms with van der Waals surface area (Å²) in [6.07, 6.45) is 0.795. The van der Waals surface area contributed by atoms with Crippen molar-refractivity contribution in [1.82, 2.24) is 9.78 Å². The zero-order valence-corrected chi connectivity index (χ0v) is 13.1. The van der Waals surface area contributed by atoms with Gasteiger partial charge in [0.05, 0.1) is 11.4 Å². The number of halogens is 2. The van der Waals surface area contributed by atoms with E-state index in [1.54, 1.807) is 6.07 Å². The van der Waals surface area contributed by atoms with Gasteiger partial charge in [0.2, 0.25) is 0 Å². The lowest BCUT2D eigenvalue weighted by Gasteiger charge is -2.10. The lowest BCUT2D eigenvalue weighted by molar-refractivity contribution is 0.657. The Labute approximate surface area is 128 Å². The van der Waals surface area contributed by atoms with Gasteiger partial charge in [0.25, 0.3) is 0 Å². The van der Waals surface area contributed by atoms with E-state index in [0.717, 1.165) is 36.6 Å². The highest BCUT2D eigenvalue weighted by Gasteiger charge is 2.11. The number of aromatic nitrogens is 2. The minimum atomic E-state index is 0.649. The quantitative estimate of drug-likeness (QED) is 0.884. The van der Waals surface area contributed by atoms with Gasteiger partial charge in [-0.05, 0) is 38.0 Å². The van der Waals surface area contributed by atoms with Crippen LogP contribution in [0.5, 0.6) is 0 Å². The van der Waals surface area contributed by atoms with Crippen molar-refractivity contribution < 1.29 is 0 Å². The Hall–Kier alpha value is -1.39.